The van der Waals surface area contributed by atoms with E-state index in [1.165, 1.54) is 11.2 Å². The van der Waals surface area contributed by atoms with Gasteiger partial charge in [-0.3, -0.25) is 4.79 Å². The Hall–Kier alpha value is -0.890. The molecule has 0 saturated heterocycles. The first-order chi connectivity index (χ1) is 7.77. The first-order valence-corrected chi connectivity index (χ1v) is 6.61. The van der Waals surface area contributed by atoms with E-state index < -0.39 is 0 Å². The van der Waals surface area contributed by atoms with E-state index in [2.05, 4.69) is 16.0 Å². The van der Waals surface area contributed by atoms with Crippen molar-refractivity contribution in [2.45, 2.75) is 6.42 Å². The van der Waals surface area contributed by atoms with Gasteiger partial charge in [0.2, 0.25) is 5.88 Å². The zero-order valence-electron chi connectivity index (χ0n) is 8.27. The first-order valence-electron chi connectivity index (χ1n) is 4.66. The monoisotopic (exact) mass is 348 g/mol. The van der Waals surface area contributed by atoms with Crippen LogP contribution in [0.1, 0.15) is 4.88 Å². The molecule has 0 fully saturated rings. The Bertz CT molecular complexity index is 510. The fourth-order valence-electron chi connectivity index (χ4n) is 1.17. The summed E-state index contributed by atoms with van der Waals surface area (Å²) in [4.78, 5) is 19.0. The summed E-state index contributed by atoms with van der Waals surface area (Å²) in [6.07, 6.45) is 2.19. The summed E-state index contributed by atoms with van der Waals surface area (Å²) < 4.78 is 5.95. The number of halogens is 1. The summed E-state index contributed by atoms with van der Waals surface area (Å²) in [7, 11) is 0. The summed E-state index contributed by atoms with van der Waals surface area (Å²) in [6, 6.07) is 4.07. The number of aromatic nitrogens is 2. The molecule has 0 aliphatic heterocycles. The van der Waals surface area contributed by atoms with Crippen LogP contribution in [-0.2, 0) is 6.42 Å². The second kappa shape index (κ2) is 5.44. The number of rotatable bonds is 4. The minimum atomic E-state index is -0.165. The Labute approximate surface area is 110 Å². The zero-order valence-corrected chi connectivity index (χ0v) is 11.2. The van der Waals surface area contributed by atoms with Crippen LogP contribution in [0.3, 0.4) is 0 Å². The molecule has 0 amide bonds. The molecule has 0 atom stereocenters. The number of hydrogen-bond acceptors (Lipinski definition) is 4. The third-order valence-corrected chi connectivity index (χ3v) is 3.82. The Kier molecular flexibility index (Phi) is 3.94. The molecule has 2 rings (SSSR count). The van der Waals surface area contributed by atoms with Crippen LogP contribution in [0.25, 0.3) is 0 Å². The molecular weight excluding hydrogens is 339 g/mol. The van der Waals surface area contributed by atoms with E-state index in [9.17, 15) is 4.79 Å². The SMILES string of the molecule is O=c1[nH]cnc(OCCc2cccs2)c1I. The summed E-state index contributed by atoms with van der Waals surface area (Å²) in [5, 5.41) is 2.03. The van der Waals surface area contributed by atoms with E-state index in [1.54, 1.807) is 11.3 Å². The molecule has 0 radical (unpaired) electrons. The minimum absolute atomic E-state index is 0.165. The standard InChI is InChI=1S/C10H9IN2O2S/c11-8-9(14)12-6-13-10(8)15-4-3-7-2-1-5-16-7/h1-2,5-6H,3-4H2,(H,12,13,14). The molecule has 2 aromatic heterocycles. The Balaban J connectivity index is 1.95. The predicted molar refractivity (Wildman–Crippen MR) is 71.1 cm³/mol. The fraction of sp³-hybridized carbons (Fsp3) is 0.200. The van der Waals surface area contributed by atoms with Gasteiger partial charge in [-0.2, -0.15) is 0 Å². The van der Waals surface area contributed by atoms with Crippen LogP contribution in [0.2, 0.25) is 0 Å². The van der Waals surface area contributed by atoms with Crippen molar-refractivity contribution < 1.29 is 4.74 Å². The van der Waals surface area contributed by atoms with Gasteiger partial charge in [0.15, 0.2) is 0 Å². The van der Waals surface area contributed by atoms with Crippen molar-refractivity contribution in [2.75, 3.05) is 6.61 Å². The molecule has 0 bridgehead atoms. The number of nitrogens with one attached hydrogen (secondary N) is 1. The summed E-state index contributed by atoms with van der Waals surface area (Å²) in [5.74, 6) is 0.404. The Morgan fingerprint density at radius 3 is 3.19 bits per heavy atom. The van der Waals surface area contributed by atoms with Gasteiger partial charge in [0.05, 0.1) is 12.9 Å². The van der Waals surface area contributed by atoms with Crippen LogP contribution in [0, 0.1) is 3.57 Å². The zero-order chi connectivity index (χ0) is 11.4. The van der Waals surface area contributed by atoms with Gasteiger partial charge in [0.1, 0.15) is 3.57 Å². The van der Waals surface area contributed by atoms with E-state index in [4.69, 9.17) is 4.74 Å². The third kappa shape index (κ3) is 2.82. The van der Waals surface area contributed by atoms with Crippen molar-refractivity contribution in [1.29, 1.82) is 0 Å². The van der Waals surface area contributed by atoms with E-state index in [0.29, 0.717) is 16.1 Å². The molecule has 0 aromatic carbocycles. The predicted octanol–water partition coefficient (Wildman–Crippen LogP) is 2.06. The van der Waals surface area contributed by atoms with Crippen LogP contribution in [-0.4, -0.2) is 16.6 Å². The summed E-state index contributed by atoms with van der Waals surface area (Å²) >= 11 is 3.62. The number of thiophene rings is 1. The van der Waals surface area contributed by atoms with Gasteiger partial charge in [-0.15, -0.1) is 11.3 Å². The van der Waals surface area contributed by atoms with Crippen molar-refractivity contribution in [3.63, 3.8) is 0 Å². The van der Waals surface area contributed by atoms with Gasteiger partial charge in [-0.1, -0.05) is 6.07 Å². The number of nitrogens with zero attached hydrogens (tertiary/aromatic N) is 1. The number of hydrogen-bond donors (Lipinski definition) is 1. The quantitative estimate of drug-likeness (QED) is 0.861. The van der Waals surface area contributed by atoms with E-state index in [0.717, 1.165) is 6.42 Å². The van der Waals surface area contributed by atoms with Crippen LogP contribution >= 0.6 is 33.9 Å². The topological polar surface area (TPSA) is 55.0 Å². The molecule has 84 valence electrons. The Morgan fingerprint density at radius 2 is 2.44 bits per heavy atom. The fourth-order valence-corrected chi connectivity index (χ4v) is 2.31. The molecule has 0 aliphatic rings. The second-order valence-corrected chi connectivity index (χ2v) is 5.14. The maximum Gasteiger partial charge on any atom is 0.268 e. The molecule has 0 saturated carbocycles. The van der Waals surface area contributed by atoms with E-state index >= 15 is 0 Å². The van der Waals surface area contributed by atoms with Crippen molar-refractivity contribution in [3.8, 4) is 5.88 Å². The highest BCUT2D eigenvalue weighted by molar-refractivity contribution is 14.1. The summed E-state index contributed by atoms with van der Waals surface area (Å²) in [5.41, 5.74) is -0.165. The van der Waals surface area contributed by atoms with Gasteiger partial charge in [-0.25, -0.2) is 4.98 Å². The van der Waals surface area contributed by atoms with Crippen molar-refractivity contribution in [3.05, 3.63) is 42.6 Å². The average Bonchev–Trinajstić information content (AvgIpc) is 2.77. The molecule has 0 unspecified atom stereocenters. The molecule has 2 aromatic rings. The lowest BCUT2D eigenvalue weighted by Gasteiger charge is -2.04. The van der Waals surface area contributed by atoms with Gasteiger partial charge in [0, 0.05) is 11.3 Å². The van der Waals surface area contributed by atoms with E-state index in [-0.39, 0.29) is 5.56 Å². The molecule has 1 N–H and O–H groups in total. The van der Waals surface area contributed by atoms with Crippen LogP contribution in [0.15, 0.2) is 28.6 Å². The van der Waals surface area contributed by atoms with Crippen LogP contribution in [0.5, 0.6) is 5.88 Å². The molecule has 2 heterocycles. The molecule has 16 heavy (non-hydrogen) atoms. The first kappa shape index (κ1) is 11.6. The van der Waals surface area contributed by atoms with Crippen LogP contribution < -0.4 is 10.3 Å². The third-order valence-electron chi connectivity index (χ3n) is 1.93. The van der Waals surface area contributed by atoms with Crippen LogP contribution in [0.4, 0.5) is 0 Å². The number of H-pyrrole nitrogens is 1. The average molecular weight is 348 g/mol. The lowest BCUT2D eigenvalue weighted by atomic mass is 10.4. The Morgan fingerprint density at radius 1 is 1.56 bits per heavy atom. The van der Waals surface area contributed by atoms with Crippen molar-refractivity contribution in [2.24, 2.45) is 0 Å². The van der Waals surface area contributed by atoms with Gasteiger partial charge in [-0.05, 0) is 34.0 Å². The van der Waals surface area contributed by atoms with Gasteiger partial charge < -0.3 is 9.72 Å². The smallest absolute Gasteiger partial charge is 0.268 e. The highest BCUT2D eigenvalue weighted by Gasteiger charge is 2.06. The largest absolute Gasteiger partial charge is 0.476 e. The lowest BCUT2D eigenvalue weighted by molar-refractivity contribution is 0.307. The van der Waals surface area contributed by atoms with E-state index in [1.807, 2.05) is 34.0 Å². The highest BCUT2D eigenvalue weighted by Crippen LogP contribution is 2.13. The van der Waals surface area contributed by atoms with Crippen molar-refractivity contribution in [1.82, 2.24) is 9.97 Å². The van der Waals surface area contributed by atoms with Gasteiger partial charge in [0.25, 0.3) is 5.56 Å². The number of aromatic amines is 1. The highest BCUT2D eigenvalue weighted by atomic mass is 127. The minimum Gasteiger partial charge on any atom is -0.476 e. The normalized spacial score (nSPS) is 10.3. The molecule has 0 aliphatic carbocycles. The van der Waals surface area contributed by atoms with Crippen molar-refractivity contribution >= 4 is 33.9 Å². The lowest BCUT2D eigenvalue weighted by Crippen LogP contribution is -2.13. The summed E-state index contributed by atoms with van der Waals surface area (Å²) in [6.45, 7) is 0.535. The van der Waals surface area contributed by atoms with Gasteiger partial charge >= 0.3 is 0 Å². The molecular formula is C10H9IN2O2S. The number of ether oxygens (including phenoxy) is 1. The maximum absolute atomic E-state index is 11.3. The molecule has 0 spiro atoms. The molecule has 4 nitrogen and oxygen atoms in total. The second-order valence-electron chi connectivity index (χ2n) is 3.03. The maximum atomic E-state index is 11.3. The molecule has 6 heteroatoms.